The first kappa shape index (κ1) is 12.0. The summed E-state index contributed by atoms with van der Waals surface area (Å²) in [4.78, 5) is 2.42. The largest absolute Gasteiger partial charge is 0.385 e. The van der Waals surface area contributed by atoms with Crippen molar-refractivity contribution in [2.24, 2.45) is 11.7 Å². The quantitative estimate of drug-likeness (QED) is 0.625. The molecule has 0 aromatic heterocycles. The molecule has 0 aromatic carbocycles. The summed E-state index contributed by atoms with van der Waals surface area (Å²) in [6, 6.07) is 0.488. The summed E-state index contributed by atoms with van der Waals surface area (Å²) in [7, 11) is 3.97. The van der Waals surface area contributed by atoms with Crippen LogP contribution in [-0.2, 0) is 4.74 Å². The molecule has 3 nitrogen and oxygen atoms in total. The minimum absolute atomic E-state index is 0.488. The molecule has 84 valence electrons. The van der Waals surface area contributed by atoms with Crippen molar-refractivity contribution in [2.75, 3.05) is 33.9 Å². The van der Waals surface area contributed by atoms with E-state index in [4.69, 9.17) is 10.5 Å². The van der Waals surface area contributed by atoms with Crippen molar-refractivity contribution in [3.05, 3.63) is 0 Å². The van der Waals surface area contributed by atoms with Gasteiger partial charge in [0.15, 0.2) is 0 Å². The van der Waals surface area contributed by atoms with Crippen molar-refractivity contribution < 1.29 is 4.74 Å². The summed E-state index contributed by atoms with van der Waals surface area (Å²) >= 11 is 0. The summed E-state index contributed by atoms with van der Waals surface area (Å²) in [5.41, 5.74) is 5.75. The van der Waals surface area contributed by atoms with Gasteiger partial charge in [0.2, 0.25) is 0 Å². The molecule has 0 saturated heterocycles. The summed E-state index contributed by atoms with van der Waals surface area (Å²) in [6.45, 7) is 3.30. The second-order valence-corrected chi connectivity index (χ2v) is 4.56. The van der Waals surface area contributed by atoms with E-state index in [0.29, 0.717) is 6.04 Å². The zero-order chi connectivity index (χ0) is 10.4. The second kappa shape index (κ2) is 6.38. The van der Waals surface area contributed by atoms with Crippen LogP contribution in [0.4, 0.5) is 0 Å². The summed E-state index contributed by atoms with van der Waals surface area (Å²) in [5, 5.41) is 0. The molecule has 1 aliphatic rings. The Labute approximate surface area is 87.6 Å². The Morgan fingerprint density at radius 3 is 2.64 bits per heavy atom. The Balaban J connectivity index is 1.91. The fourth-order valence-corrected chi connectivity index (χ4v) is 2.10. The summed E-state index contributed by atoms with van der Waals surface area (Å²) in [5.74, 6) is 0.859. The zero-order valence-electron chi connectivity index (χ0n) is 9.54. The molecule has 0 unspecified atom stereocenters. The van der Waals surface area contributed by atoms with Crippen molar-refractivity contribution in [1.82, 2.24) is 4.90 Å². The maximum atomic E-state index is 5.75. The highest BCUT2D eigenvalue weighted by Crippen LogP contribution is 2.25. The highest BCUT2D eigenvalue weighted by Gasteiger charge is 2.26. The predicted molar refractivity (Wildman–Crippen MR) is 59.3 cm³/mol. The number of ether oxygens (including phenoxy) is 1. The zero-order valence-corrected chi connectivity index (χ0v) is 9.54. The molecule has 1 fully saturated rings. The SMILES string of the molecule is COCCCCN(C)CC1CC(N)C1. The molecule has 0 atom stereocenters. The van der Waals surface area contributed by atoms with Crippen LogP contribution in [0.5, 0.6) is 0 Å². The molecule has 2 N–H and O–H groups in total. The molecule has 0 aliphatic heterocycles. The Morgan fingerprint density at radius 2 is 2.07 bits per heavy atom. The number of unbranched alkanes of at least 4 members (excludes halogenated alkanes) is 1. The Kier molecular flexibility index (Phi) is 5.45. The van der Waals surface area contributed by atoms with E-state index in [0.717, 1.165) is 12.5 Å². The van der Waals surface area contributed by atoms with Gasteiger partial charge in [-0.3, -0.25) is 0 Å². The fraction of sp³-hybridized carbons (Fsp3) is 1.00. The van der Waals surface area contributed by atoms with Gasteiger partial charge in [0.1, 0.15) is 0 Å². The van der Waals surface area contributed by atoms with E-state index in [1.54, 1.807) is 7.11 Å². The molecule has 0 bridgehead atoms. The average molecular weight is 200 g/mol. The van der Waals surface area contributed by atoms with Crippen molar-refractivity contribution in [3.8, 4) is 0 Å². The van der Waals surface area contributed by atoms with Crippen LogP contribution < -0.4 is 5.73 Å². The molecule has 0 spiro atoms. The number of methoxy groups -OCH3 is 1. The summed E-state index contributed by atoms with van der Waals surface area (Å²) < 4.78 is 5.02. The highest BCUT2D eigenvalue weighted by atomic mass is 16.5. The van der Waals surface area contributed by atoms with Crippen LogP contribution in [0.15, 0.2) is 0 Å². The van der Waals surface area contributed by atoms with Gasteiger partial charge in [-0.2, -0.15) is 0 Å². The topological polar surface area (TPSA) is 38.5 Å². The van der Waals surface area contributed by atoms with Gasteiger partial charge in [0.25, 0.3) is 0 Å². The van der Waals surface area contributed by atoms with Crippen LogP contribution in [-0.4, -0.2) is 44.8 Å². The standard InChI is InChI=1S/C11H24N2O/c1-13(5-3-4-6-14-2)9-10-7-11(12)8-10/h10-11H,3-9,12H2,1-2H3. The Bertz CT molecular complexity index is 146. The maximum absolute atomic E-state index is 5.75. The van der Waals surface area contributed by atoms with Gasteiger partial charge < -0.3 is 15.4 Å². The van der Waals surface area contributed by atoms with Gasteiger partial charge >= 0.3 is 0 Å². The van der Waals surface area contributed by atoms with Crippen LogP contribution in [0.2, 0.25) is 0 Å². The monoisotopic (exact) mass is 200 g/mol. The van der Waals surface area contributed by atoms with Crippen LogP contribution in [0.25, 0.3) is 0 Å². The van der Waals surface area contributed by atoms with Crippen LogP contribution in [0.1, 0.15) is 25.7 Å². The van der Waals surface area contributed by atoms with E-state index in [1.807, 2.05) is 0 Å². The molecule has 1 aliphatic carbocycles. The third kappa shape index (κ3) is 4.40. The lowest BCUT2D eigenvalue weighted by atomic mass is 9.80. The lowest BCUT2D eigenvalue weighted by Crippen LogP contribution is -2.42. The molecule has 0 heterocycles. The number of nitrogens with zero attached hydrogens (tertiary/aromatic N) is 1. The second-order valence-electron chi connectivity index (χ2n) is 4.56. The van der Waals surface area contributed by atoms with Crippen LogP contribution in [0, 0.1) is 5.92 Å². The molecular weight excluding hydrogens is 176 g/mol. The van der Waals surface area contributed by atoms with Gasteiger partial charge in [0, 0.05) is 26.3 Å². The van der Waals surface area contributed by atoms with Gasteiger partial charge in [-0.25, -0.2) is 0 Å². The normalized spacial score (nSPS) is 26.6. The van der Waals surface area contributed by atoms with Gasteiger partial charge in [-0.15, -0.1) is 0 Å². The lowest BCUT2D eigenvalue weighted by molar-refractivity contribution is 0.166. The first-order valence-corrected chi connectivity index (χ1v) is 5.65. The van der Waals surface area contributed by atoms with E-state index in [9.17, 15) is 0 Å². The number of hydrogen-bond donors (Lipinski definition) is 1. The minimum Gasteiger partial charge on any atom is -0.385 e. The van der Waals surface area contributed by atoms with Crippen molar-refractivity contribution in [1.29, 1.82) is 0 Å². The van der Waals surface area contributed by atoms with Crippen LogP contribution >= 0.6 is 0 Å². The van der Waals surface area contributed by atoms with Crippen molar-refractivity contribution in [2.45, 2.75) is 31.7 Å². The van der Waals surface area contributed by atoms with E-state index < -0.39 is 0 Å². The minimum atomic E-state index is 0.488. The maximum Gasteiger partial charge on any atom is 0.0462 e. The molecule has 1 saturated carbocycles. The van der Waals surface area contributed by atoms with Gasteiger partial charge in [-0.05, 0) is 45.2 Å². The molecule has 3 heteroatoms. The first-order valence-electron chi connectivity index (χ1n) is 5.65. The van der Waals surface area contributed by atoms with Gasteiger partial charge in [-0.1, -0.05) is 0 Å². The molecule has 0 amide bonds. The highest BCUT2D eigenvalue weighted by molar-refractivity contribution is 4.83. The molecule has 0 aromatic rings. The van der Waals surface area contributed by atoms with E-state index in [-0.39, 0.29) is 0 Å². The predicted octanol–water partition coefficient (Wildman–Crippen LogP) is 1.08. The first-order chi connectivity index (χ1) is 6.72. The molecule has 1 rings (SSSR count). The number of hydrogen-bond acceptors (Lipinski definition) is 3. The Hall–Kier alpha value is -0.120. The van der Waals surface area contributed by atoms with E-state index in [2.05, 4.69) is 11.9 Å². The number of rotatable bonds is 7. The Morgan fingerprint density at radius 1 is 1.36 bits per heavy atom. The molecular formula is C11H24N2O. The smallest absolute Gasteiger partial charge is 0.0462 e. The number of nitrogens with two attached hydrogens (primary N) is 1. The lowest BCUT2D eigenvalue weighted by Gasteiger charge is -2.35. The van der Waals surface area contributed by atoms with E-state index >= 15 is 0 Å². The molecule has 14 heavy (non-hydrogen) atoms. The van der Waals surface area contributed by atoms with Crippen LogP contribution in [0.3, 0.4) is 0 Å². The summed E-state index contributed by atoms with van der Waals surface area (Å²) in [6.07, 6.45) is 4.86. The molecule has 0 radical (unpaired) electrons. The van der Waals surface area contributed by atoms with Gasteiger partial charge in [0.05, 0.1) is 0 Å². The third-order valence-electron chi connectivity index (χ3n) is 2.98. The van der Waals surface area contributed by atoms with E-state index in [1.165, 1.54) is 38.8 Å². The fourth-order valence-electron chi connectivity index (χ4n) is 2.10. The average Bonchev–Trinajstić information content (AvgIpc) is 2.10. The third-order valence-corrected chi connectivity index (χ3v) is 2.98. The van der Waals surface area contributed by atoms with Crippen molar-refractivity contribution in [3.63, 3.8) is 0 Å². The van der Waals surface area contributed by atoms with Crippen molar-refractivity contribution >= 4 is 0 Å².